The molecule has 0 spiro atoms. The van der Waals surface area contributed by atoms with Gasteiger partial charge in [-0.1, -0.05) is 24.3 Å². The number of aromatic nitrogens is 3. The smallest absolute Gasteiger partial charge is 0.319 e. The molecular formula is C18H17F2N5O. The number of amides is 2. The van der Waals surface area contributed by atoms with Crippen molar-refractivity contribution >= 4 is 11.7 Å². The molecule has 0 bridgehead atoms. The zero-order valence-corrected chi connectivity index (χ0v) is 13.8. The number of rotatable bonds is 6. The van der Waals surface area contributed by atoms with E-state index in [0.717, 1.165) is 5.56 Å². The van der Waals surface area contributed by atoms with Gasteiger partial charge in [0.15, 0.2) is 5.82 Å². The van der Waals surface area contributed by atoms with Crippen LogP contribution in [0.15, 0.2) is 48.5 Å². The van der Waals surface area contributed by atoms with Crippen LogP contribution in [0.25, 0.3) is 0 Å². The molecule has 2 amide bonds. The van der Waals surface area contributed by atoms with Gasteiger partial charge in [0.25, 0.3) is 0 Å². The zero-order valence-electron chi connectivity index (χ0n) is 13.8. The predicted octanol–water partition coefficient (Wildman–Crippen LogP) is 3.04. The van der Waals surface area contributed by atoms with Crippen molar-refractivity contribution in [1.29, 1.82) is 0 Å². The Labute approximate surface area is 148 Å². The van der Waals surface area contributed by atoms with Gasteiger partial charge in [0, 0.05) is 19.4 Å². The number of nitrogens with zero attached hydrogens (tertiary/aromatic N) is 2. The zero-order chi connectivity index (χ0) is 18.4. The maximum absolute atomic E-state index is 13.5. The molecule has 0 atom stereocenters. The molecule has 26 heavy (non-hydrogen) atoms. The van der Waals surface area contributed by atoms with Crippen LogP contribution in [0.4, 0.5) is 19.3 Å². The van der Waals surface area contributed by atoms with Crippen LogP contribution in [0.1, 0.15) is 17.2 Å². The molecule has 0 saturated heterocycles. The lowest BCUT2D eigenvalue weighted by atomic mass is 10.1. The van der Waals surface area contributed by atoms with Crippen molar-refractivity contribution in [3.8, 4) is 0 Å². The SMILES string of the molecule is O=C(NCCc1n[nH]c(Cc2cccc(F)c2)n1)Nc1ccccc1F. The number of hydrogen-bond acceptors (Lipinski definition) is 3. The van der Waals surface area contributed by atoms with Crippen LogP contribution in [-0.2, 0) is 12.8 Å². The van der Waals surface area contributed by atoms with Crippen LogP contribution in [0, 0.1) is 11.6 Å². The molecule has 0 radical (unpaired) electrons. The Morgan fingerprint density at radius 3 is 2.77 bits per heavy atom. The van der Waals surface area contributed by atoms with Gasteiger partial charge in [0.1, 0.15) is 17.5 Å². The lowest BCUT2D eigenvalue weighted by Crippen LogP contribution is -2.30. The fourth-order valence-electron chi connectivity index (χ4n) is 2.38. The summed E-state index contributed by atoms with van der Waals surface area (Å²) in [4.78, 5) is 16.1. The van der Waals surface area contributed by atoms with Gasteiger partial charge in [-0.15, -0.1) is 0 Å². The Kier molecular flexibility index (Phi) is 5.52. The van der Waals surface area contributed by atoms with E-state index in [1.807, 2.05) is 0 Å². The van der Waals surface area contributed by atoms with Crippen molar-refractivity contribution in [2.75, 3.05) is 11.9 Å². The number of urea groups is 1. The summed E-state index contributed by atoms with van der Waals surface area (Å²) in [6.07, 6.45) is 0.844. The minimum absolute atomic E-state index is 0.111. The number of para-hydroxylation sites is 1. The Hall–Kier alpha value is -3.29. The molecule has 1 aromatic heterocycles. The quantitative estimate of drug-likeness (QED) is 0.634. The average Bonchev–Trinajstić information content (AvgIpc) is 3.04. The fraction of sp³-hybridized carbons (Fsp3) is 0.167. The third-order valence-electron chi connectivity index (χ3n) is 3.59. The van der Waals surface area contributed by atoms with Crippen LogP contribution in [0.5, 0.6) is 0 Å². The number of halogens is 2. The van der Waals surface area contributed by atoms with Gasteiger partial charge >= 0.3 is 6.03 Å². The van der Waals surface area contributed by atoms with Crippen molar-refractivity contribution in [3.63, 3.8) is 0 Å². The van der Waals surface area contributed by atoms with Crippen molar-refractivity contribution < 1.29 is 13.6 Å². The standard InChI is InChI=1S/C18H17F2N5O/c19-13-5-3-4-12(10-13)11-17-23-16(24-25-17)8-9-21-18(26)22-15-7-2-1-6-14(15)20/h1-7,10H,8-9,11H2,(H2,21,22,26)(H,23,24,25). The lowest BCUT2D eigenvalue weighted by molar-refractivity contribution is 0.252. The second-order valence-electron chi connectivity index (χ2n) is 5.62. The molecule has 0 unspecified atom stereocenters. The Morgan fingerprint density at radius 1 is 1.12 bits per heavy atom. The number of benzene rings is 2. The first-order chi connectivity index (χ1) is 12.6. The van der Waals surface area contributed by atoms with Crippen molar-refractivity contribution in [3.05, 3.63) is 77.4 Å². The molecule has 0 aliphatic heterocycles. The highest BCUT2D eigenvalue weighted by molar-refractivity contribution is 5.89. The summed E-state index contributed by atoms with van der Waals surface area (Å²) < 4.78 is 26.6. The van der Waals surface area contributed by atoms with Gasteiger partial charge in [-0.3, -0.25) is 5.10 Å². The van der Waals surface area contributed by atoms with Gasteiger partial charge in [0.05, 0.1) is 5.69 Å². The Bertz CT molecular complexity index is 897. The van der Waals surface area contributed by atoms with Crippen LogP contribution >= 0.6 is 0 Å². The predicted molar refractivity (Wildman–Crippen MR) is 92.7 cm³/mol. The van der Waals surface area contributed by atoms with Gasteiger partial charge < -0.3 is 10.6 Å². The number of aromatic amines is 1. The summed E-state index contributed by atoms with van der Waals surface area (Å²) in [6, 6.07) is 11.7. The Morgan fingerprint density at radius 2 is 1.96 bits per heavy atom. The molecule has 3 aromatic rings. The van der Waals surface area contributed by atoms with E-state index in [9.17, 15) is 13.6 Å². The molecule has 1 heterocycles. The Balaban J connectivity index is 1.46. The molecule has 134 valence electrons. The molecule has 0 aliphatic carbocycles. The molecular weight excluding hydrogens is 340 g/mol. The summed E-state index contributed by atoms with van der Waals surface area (Å²) in [7, 11) is 0. The maximum atomic E-state index is 13.5. The van der Waals surface area contributed by atoms with Gasteiger partial charge in [-0.2, -0.15) is 5.10 Å². The highest BCUT2D eigenvalue weighted by atomic mass is 19.1. The summed E-state index contributed by atoms with van der Waals surface area (Å²) >= 11 is 0. The number of H-pyrrole nitrogens is 1. The molecule has 0 saturated carbocycles. The van der Waals surface area contributed by atoms with Crippen molar-refractivity contribution in [2.24, 2.45) is 0 Å². The van der Waals surface area contributed by atoms with E-state index in [1.165, 1.54) is 24.3 Å². The maximum Gasteiger partial charge on any atom is 0.319 e. The highest BCUT2D eigenvalue weighted by Gasteiger charge is 2.08. The summed E-state index contributed by atoms with van der Waals surface area (Å²) in [5, 5.41) is 11.9. The van der Waals surface area contributed by atoms with E-state index in [1.54, 1.807) is 24.3 Å². The molecule has 6 nitrogen and oxygen atoms in total. The first-order valence-corrected chi connectivity index (χ1v) is 8.04. The second kappa shape index (κ2) is 8.19. The summed E-state index contributed by atoms with van der Waals surface area (Å²) in [5.74, 6) is 0.343. The van der Waals surface area contributed by atoms with Gasteiger partial charge in [-0.05, 0) is 29.8 Å². The topological polar surface area (TPSA) is 82.7 Å². The van der Waals surface area contributed by atoms with Gasteiger partial charge in [0.2, 0.25) is 0 Å². The minimum Gasteiger partial charge on any atom is -0.337 e. The number of carbonyl (C=O) groups is 1. The molecule has 3 N–H and O–H groups in total. The second-order valence-corrected chi connectivity index (χ2v) is 5.62. The number of anilines is 1. The van der Waals surface area contributed by atoms with Gasteiger partial charge in [-0.25, -0.2) is 18.6 Å². The van der Waals surface area contributed by atoms with E-state index >= 15 is 0 Å². The van der Waals surface area contributed by atoms with Crippen molar-refractivity contribution in [2.45, 2.75) is 12.8 Å². The highest BCUT2D eigenvalue weighted by Crippen LogP contribution is 2.12. The normalized spacial score (nSPS) is 10.5. The molecule has 2 aromatic carbocycles. The first kappa shape index (κ1) is 17.5. The summed E-state index contributed by atoms with van der Waals surface area (Å²) in [5.41, 5.74) is 0.898. The molecule has 8 heteroatoms. The van der Waals surface area contributed by atoms with Crippen LogP contribution in [-0.4, -0.2) is 27.8 Å². The van der Waals surface area contributed by atoms with Crippen LogP contribution in [0.2, 0.25) is 0 Å². The van der Waals surface area contributed by atoms with E-state index in [0.29, 0.717) is 24.5 Å². The van der Waals surface area contributed by atoms with E-state index in [2.05, 4.69) is 25.8 Å². The number of nitrogens with one attached hydrogen (secondary N) is 3. The summed E-state index contributed by atoms with van der Waals surface area (Å²) in [6.45, 7) is 0.289. The van der Waals surface area contributed by atoms with Crippen LogP contribution < -0.4 is 10.6 Å². The third-order valence-corrected chi connectivity index (χ3v) is 3.59. The van der Waals surface area contributed by atoms with E-state index < -0.39 is 11.8 Å². The first-order valence-electron chi connectivity index (χ1n) is 8.04. The monoisotopic (exact) mass is 357 g/mol. The largest absolute Gasteiger partial charge is 0.337 e. The average molecular weight is 357 g/mol. The number of carbonyl (C=O) groups excluding carboxylic acids is 1. The molecule has 0 fully saturated rings. The van der Waals surface area contributed by atoms with Crippen LogP contribution in [0.3, 0.4) is 0 Å². The van der Waals surface area contributed by atoms with Crippen molar-refractivity contribution in [1.82, 2.24) is 20.5 Å². The fourth-order valence-corrected chi connectivity index (χ4v) is 2.38. The van der Waals surface area contributed by atoms with E-state index in [4.69, 9.17) is 0 Å². The number of hydrogen-bond donors (Lipinski definition) is 3. The van der Waals surface area contributed by atoms with E-state index in [-0.39, 0.29) is 18.0 Å². The minimum atomic E-state index is -0.509. The lowest BCUT2D eigenvalue weighted by Gasteiger charge is -2.07. The molecule has 0 aliphatic rings. The third kappa shape index (κ3) is 4.85. The molecule has 3 rings (SSSR count).